The van der Waals surface area contributed by atoms with Crippen molar-refractivity contribution in [3.63, 3.8) is 0 Å². The molecule has 2 N–H and O–H groups in total. The van der Waals surface area contributed by atoms with E-state index in [2.05, 4.69) is 19.2 Å². The van der Waals surface area contributed by atoms with Crippen molar-refractivity contribution in [1.82, 2.24) is 0 Å². The van der Waals surface area contributed by atoms with Crippen molar-refractivity contribution in [3.8, 4) is 0 Å². The van der Waals surface area contributed by atoms with Crippen LogP contribution in [0.3, 0.4) is 0 Å². The Morgan fingerprint density at radius 1 is 1.26 bits per heavy atom. The van der Waals surface area contributed by atoms with Crippen molar-refractivity contribution in [2.75, 3.05) is 5.32 Å². The Bertz CT molecular complexity index is 561. The zero-order chi connectivity index (χ0) is 14.4. The molecule has 1 unspecified atom stereocenters. The highest BCUT2D eigenvalue weighted by Crippen LogP contribution is 2.52. The van der Waals surface area contributed by atoms with Crippen LogP contribution in [0.1, 0.15) is 41.8 Å². The van der Waals surface area contributed by atoms with E-state index < -0.39 is 5.97 Å². The first-order valence-corrected chi connectivity index (χ1v) is 6.38. The lowest BCUT2D eigenvalue weighted by Gasteiger charge is -2.12. The van der Waals surface area contributed by atoms with Gasteiger partial charge in [0.05, 0.1) is 5.56 Å². The topological polar surface area (TPSA) is 66.4 Å². The van der Waals surface area contributed by atoms with E-state index in [1.165, 1.54) is 0 Å². The average Bonchev–Trinajstić information content (AvgIpc) is 2.91. The minimum atomic E-state index is -0.972. The van der Waals surface area contributed by atoms with Crippen molar-refractivity contribution in [2.24, 2.45) is 11.3 Å². The molecule has 1 aromatic rings. The molecule has 0 radical (unpaired) electrons. The number of carbonyl (C=O) groups is 2. The third kappa shape index (κ3) is 2.62. The van der Waals surface area contributed by atoms with Crippen LogP contribution in [0, 0.1) is 25.2 Å². The van der Waals surface area contributed by atoms with Crippen molar-refractivity contribution < 1.29 is 14.7 Å². The predicted octanol–water partition coefficient (Wildman–Crippen LogP) is 2.99. The van der Waals surface area contributed by atoms with Gasteiger partial charge in [-0.05, 0) is 42.9 Å². The van der Waals surface area contributed by atoms with Gasteiger partial charge in [-0.15, -0.1) is 0 Å². The summed E-state index contributed by atoms with van der Waals surface area (Å²) < 4.78 is 0. The van der Waals surface area contributed by atoms with Crippen LogP contribution in [0.5, 0.6) is 0 Å². The summed E-state index contributed by atoms with van der Waals surface area (Å²) in [6, 6.07) is 3.33. The molecule has 0 heterocycles. The minimum absolute atomic E-state index is 0.0201. The average molecular weight is 261 g/mol. The summed E-state index contributed by atoms with van der Waals surface area (Å²) in [5.41, 5.74) is 2.48. The second-order valence-electron chi connectivity index (χ2n) is 6.02. The van der Waals surface area contributed by atoms with E-state index >= 15 is 0 Å². The number of carboxylic acid groups (broad SMARTS) is 1. The van der Waals surface area contributed by atoms with E-state index in [1.807, 2.05) is 6.92 Å². The van der Waals surface area contributed by atoms with Gasteiger partial charge in [0.25, 0.3) is 0 Å². The quantitative estimate of drug-likeness (QED) is 0.879. The maximum atomic E-state index is 12.1. The molecule has 0 aliphatic heterocycles. The van der Waals surface area contributed by atoms with Crippen LogP contribution in [-0.2, 0) is 4.79 Å². The first-order chi connectivity index (χ1) is 8.72. The molecular formula is C15H19NO3. The lowest BCUT2D eigenvalue weighted by molar-refractivity contribution is -0.118. The number of rotatable bonds is 3. The van der Waals surface area contributed by atoms with Crippen LogP contribution in [-0.4, -0.2) is 17.0 Å². The molecule has 0 bridgehead atoms. The molecule has 2 rings (SSSR count). The van der Waals surface area contributed by atoms with Crippen LogP contribution >= 0.6 is 0 Å². The lowest BCUT2D eigenvalue weighted by atomic mass is 10.0. The van der Waals surface area contributed by atoms with E-state index in [9.17, 15) is 9.59 Å². The number of hydrogen-bond donors (Lipinski definition) is 2. The van der Waals surface area contributed by atoms with Gasteiger partial charge in [-0.25, -0.2) is 4.79 Å². The number of carbonyl (C=O) groups excluding carboxylic acids is 1. The molecule has 4 nitrogen and oxygen atoms in total. The second-order valence-corrected chi connectivity index (χ2v) is 6.02. The zero-order valence-corrected chi connectivity index (χ0v) is 11.7. The largest absolute Gasteiger partial charge is 0.478 e. The predicted molar refractivity (Wildman–Crippen MR) is 73.4 cm³/mol. The van der Waals surface area contributed by atoms with Gasteiger partial charge in [0.15, 0.2) is 0 Å². The Labute approximate surface area is 112 Å². The number of carboxylic acids is 1. The summed E-state index contributed by atoms with van der Waals surface area (Å²) >= 11 is 0. The van der Waals surface area contributed by atoms with Crippen LogP contribution in [0.2, 0.25) is 0 Å². The molecule has 0 saturated heterocycles. The Balaban J connectivity index is 2.23. The van der Waals surface area contributed by atoms with Gasteiger partial charge in [0.1, 0.15) is 0 Å². The Morgan fingerprint density at radius 2 is 1.84 bits per heavy atom. The first-order valence-electron chi connectivity index (χ1n) is 6.38. The van der Waals surface area contributed by atoms with E-state index in [1.54, 1.807) is 19.1 Å². The molecule has 1 atom stereocenters. The van der Waals surface area contributed by atoms with Crippen molar-refractivity contribution in [1.29, 1.82) is 0 Å². The maximum Gasteiger partial charge on any atom is 0.336 e. The molecule has 1 amide bonds. The second kappa shape index (κ2) is 4.37. The van der Waals surface area contributed by atoms with Gasteiger partial charge < -0.3 is 10.4 Å². The Morgan fingerprint density at radius 3 is 2.32 bits per heavy atom. The molecule has 19 heavy (non-hydrogen) atoms. The minimum Gasteiger partial charge on any atom is -0.478 e. The molecule has 1 aliphatic rings. The normalized spacial score (nSPS) is 19.9. The molecular weight excluding hydrogens is 242 g/mol. The molecule has 0 aromatic heterocycles. The lowest BCUT2D eigenvalue weighted by Crippen LogP contribution is -2.17. The fourth-order valence-electron chi connectivity index (χ4n) is 2.35. The van der Waals surface area contributed by atoms with Gasteiger partial charge in [-0.1, -0.05) is 19.9 Å². The summed E-state index contributed by atoms with van der Waals surface area (Å²) in [5.74, 6) is -0.963. The summed E-state index contributed by atoms with van der Waals surface area (Å²) in [6.07, 6.45) is 0.884. The van der Waals surface area contributed by atoms with Crippen molar-refractivity contribution in [3.05, 3.63) is 28.8 Å². The van der Waals surface area contributed by atoms with Crippen LogP contribution < -0.4 is 5.32 Å². The highest BCUT2D eigenvalue weighted by Gasteiger charge is 2.50. The molecule has 1 aromatic carbocycles. The molecule has 4 heteroatoms. The maximum absolute atomic E-state index is 12.1. The van der Waals surface area contributed by atoms with Gasteiger partial charge in [-0.3, -0.25) is 4.79 Å². The number of benzene rings is 1. The molecule has 102 valence electrons. The molecule has 1 saturated carbocycles. The summed E-state index contributed by atoms with van der Waals surface area (Å²) in [7, 11) is 0. The summed E-state index contributed by atoms with van der Waals surface area (Å²) in [6.45, 7) is 7.74. The number of aromatic carboxylic acids is 1. The van der Waals surface area contributed by atoms with E-state index in [4.69, 9.17) is 5.11 Å². The number of amides is 1. The fraction of sp³-hybridized carbons (Fsp3) is 0.467. The molecule has 0 spiro atoms. The van der Waals surface area contributed by atoms with E-state index in [0.717, 1.165) is 12.0 Å². The standard InChI is InChI=1S/C15H19NO3/c1-8-5-9(2)12(6-10(8)14(18)19)16-13(17)11-7-15(11,3)4/h5-6,11H,7H2,1-4H3,(H,16,17)(H,18,19). The smallest absolute Gasteiger partial charge is 0.336 e. The van der Waals surface area contributed by atoms with Gasteiger partial charge in [-0.2, -0.15) is 0 Å². The monoisotopic (exact) mass is 261 g/mol. The highest BCUT2D eigenvalue weighted by atomic mass is 16.4. The van der Waals surface area contributed by atoms with E-state index in [-0.39, 0.29) is 22.8 Å². The van der Waals surface area contributed by atoms with Gasteiger partial charge in [0.2, 0.25) is 5.91 Å². The van der Waals surface area contributed by atoms with Crippen LogP contribution in [0.25, 0.3) is 0 Å². The molecule has 1 aliphatic carbocycles. The number of anilines is 1. The van der Waals surface area contributed by atoms with Gasteiger partial charge in [0, 0.05) is 11.6 Å². The number of nitrogens with one attached hydrogen (secondary N) is 1. The van der Waals surface area contributed by atoms with E-state index in [0.29, 0.717) is 11.3 Å². The third-order valence-corrected chi connectivity index (χ3v) is 3.89. The zero-order valence-electron chi connectivity index (χ0n) is 11.7. The highest BCUT2D eigenvalue weighted by molar-refractivity contribution is 5.98. The first kappa shape index (κ1) is 13.6. The summed E-state index contributed by atoms with van der Waals surface area (Å²) in [5, 5.41) is 12.0. The molecule has 1 fully saturated rings. The SMILES string of the molecule is Cc1cc(C)c(C(=O)O)cc1NC(=O)C1CC1(C)C. The Kier molecular flexibility index (Phi) is 3.12. The van der Waals surface area contributed by atoms with Gasteiger partial charge >= 0.3 is 5.97 Å². The summed E-state index contributed by atoms with van der Waals surface area (Å²) in [4.78, 5) is 23.2. The fourth-order valence-corrected chi connectivity index (χ4v) is 2.35. The third-order valence-electron chi connectivity index (χ3n) is 3.89. The van der Waals surface area contributed by atoms with Crippen molar-refractivity contribution in [2.45, 2.75) is 34.1 Å². The van der Waals surface area contributed by atoms with Crippen molar-refractivity contribution >= 4 is 17.6 Å². The number of aryl methyl sites for hydroxylation is 2. The Hall–Kier alpha value is -1.84. The van der Waals surface area contributed by atoms with Crippen LogP contribution in [0.4, 0.5) is 5.69 Å². The van der Waals surface area contributed by atoms with Crippen LogP contribution in [0.15, 0.2) is 12.1 Å². The number of hydrogen-bond acceptors (Lipinski definition) is 2.